The first-order valence-electron chi connectivity index (χ1n) is 7.58. The number of ketones is 1. The maximum atomic E-state index is 12.3. The summed E-state index contributed by atoms with van der Waals surface area (Å²) in [6.45, 7) is 15.2. The van der Waals surface area contributed by atoms with Gasteiger partial charge in [-0.05, 0) is 41.8 Å². The summed E-state index contributed by atoms with van der Waals surface area (Å²) >= 11 is 0. The van der Waals surface area contributed by atoms with Gasteiger partial charge in [-0.25, -0.2) is 0 Å². The largest absolute Gasteiger partial charge is 0.409 e. The van der Waals surface area contributed by atoms with E-state index in [-0.39, 0.29) is 22.8 Å². The molecule has 2 nitrogen and oxygen atoms in total. The van der Waals surface area contributed by atoms with Gasteiger partial charge in [0.05, 0.1) is 12.0 Å². The minimum atomic E-state index is -1.91. The fourth-order valence-electron chi connectivity index (χ4n) is 2.46. The molecule has 2 unspecified atom stereocenters. The van der Waals surface area contributed by atoms with Gasteiger partial charge in [-0.3, -0.25) is 4.79 Å². The van der Waals surface area contributed by atoms with Crippen molar-refractivity contribution in [2.24, 2.45) is 5.92 Å². The van der Waals surface area contributed by atoms with E-state index >= 15 is 0 Å². The molecule has 0 N–H and O–H groups in total. The predicted molar refractivity (Wildman–Crippen MR) is 90.7 cm³/mol. The van der Waals surface area contributed by atoms with Gasteiger partial charge in [0.1, 0.15) is 0 Å². The zero-order valence-electron chi connectivity index (χ0n) is 13.8. The molecule has 0 bridgehead atoms. The number of rotatable bonds is 3. The van der Waals surface area contributed by atoms with Gasteiger partial charge in [-0.15, -0.1) is 0 Å². The highest BCUT2D eigenvalue weighted by molar-refractivity contribution is 6.74. The van der Waals surface area contributed by atoms with Crippen LogP contribution in [-0.2, 0) is 9.22 Å². The van der Waals surface area contributed by atoms with Crippen LogP contribution in [0.25, 0.3) is 0 Å². The van der Waals surface area contributed by atoms with E-state index in [0.29, 0.717) is 0 Å². The monoisotopic (exact) mass is 302 g/mol. The molecule has 3 heteroatoms. The smallest absolute Gasteiger partial charge is 0.192 e. The Hall–Kier alpha value is -1.19. The summed E-state index contributed by atoms with van der Waals surface area (Å²) in [5, 5.41) is 0.134. The van der Waals surface area contributed by atoms with Crippen molar-refractivity contribution < 1.29 is 9.22 Å². The van der Waals surface area contributed by atoms with Crippen LogP contribution in [0.5, 0.6) is 0 Å². The summed E-state index contributed by atoms with van der Waals surface area (Å²) in [6, 6.07) is 0. The summed E-state index contributed by atoms with van der Waals surface area (Å²) in [7, 11) is -1.91. The van der Waals surface area contributed by atoms with Crippen LogP contribution in [0.4, 0.5) is 0 Å². The van der Waals surface area contributed by atoms with Gasteiger partial charge in [0.25, 0.3) is 0 Å². The van der Waals surface area contributed by atoms with E-state index in [1.165, 1.54) is 0 Å². The van der Waals surface area contributed by atoms with E-state index in [4.69, 9.17) is 4.43 Å². The lowest BCUT2D eigenvalue weighted by Gasteiger charge is -2.39. The Labute approximate surface area is 129 Å². The molecule has 2 aliphatic carbocycles. The van der Waals surface area contributed by atoms with E-state index in [1.54, 1.807) is 6.08 Å². The lowest BCUT2D eigenvalue weighted by molar-refractivity contribution is -0.117. The first-order valence-corrected chi connectivity index (χ1v) is 10.5. The van der Waals surface area contributed by atoms with Gasteiger partial charge in [0.2, 0.25) is 0 Å². The Bertz CT molecular complexity index is 544. The Kier molecular flexibility index (Phi) is 4.27. The van der Waals surface area contributed by atoms with Crippen LogP contribution in [0.3, 0.4) is 0 Å². The first kappa shape index (κ1) is 16.2. The van der Waals surface area contributed by atoms with Gasteiger partial charge in [-0.1, -0.05) is 51.7 Å². The normalized spacial score (nSPS) is 26.4. The maximum Gasteiger partial charge on any atom is 0.192 e. The van der Waals surface area contributed by atoms with Crippen molar-refractivity contribution in [1.29, 1.82) is 0 Å². The maximum absolute atomic E-state index is 12.3. The number of allylic oxidation sites excluding steroid dienone is 5. The Morgan fingerprint density at radius 3 is 2.57 bits per heavy atom. The second-order valence-electron chi connectivity index (χ2n) is 7.44. The number of hydrogen-bond acceptors (Lipinski definition) is 2. The average molecular weight is 302 g/mol. The molecule has 2 rings (SSSR count). The van der Waals surface area contributed by atoms with E-state index < -0.39 is 8.32 Å². The van der Waals surface area contributed by atoms with Crippen molar-refractivity contribution in [1.82, 2.24) is 0 Å². The van der Waals surface area contributed by atoms with Gasteiger partial charge in [0.15, 0.2) is 14.1 Å². The predicted octanol–water partition coefficient (Wildman–Crippen LogP) is 4.57. The van der Waals surface area contributed by atoms with Crippen LogP contribution in [-0.4, -0.2) is 20.2 Å². The van der Waals surface area contributed by atoms with Crippen molar-refractivity contribution >= 4 is 14.1 Å². The van der Waals surface area contributed by atoms with Gasteiger partial charge in [-0.2, -0.15) is 0 Å². The Balaban J connectivity index is 2.26. The second-order valence-corrected chi connectivity index (χ2v) is 12.2. The molecule has 21 heavy (non-hydrogen) atoms. The third-order valence-electron chi connectivity index (χ3n) is 4.84. The second kappa shape index (κ2) is 5.54. The molecule has 0 spiro atoms. The molecule has 0 aromatic heterocycles. The van der Waals surface area contributed by atoms with E-state index in [2.05, 4.69) is 46.5 Å². The van der Waals surface area contributed by atoms with Crippen LogP contribution >= 0.6 is 0 Å². The molecule has 0 aliphatic heterocycles. The molecule has 0 heterocycles. The molecule has 114 valence electrons. The summed E-state index contributed by atoms with van der Waals surface area (Å²) in [5.41, 5.74) is 2.07. The zero-order valence-corrected chi connectivity index (χ0v) is 14.8. The number of carbonyl (C=O) groups is 1. The topological polar surface area (TPSA) is 26.3 Å². The van der Waals surface area contributed by atoms with Crippen LogP contribution < -0.4 is 0 Å². The highest BCUT2D eigenvalue weighted by Gasteiger charge is 2.43. The van der Waals surface area contributed by atoms with Crippen LogP contribution in [0, 0.1) is 5.92 Å². The van der Waals surface area contributed by atoms with Gasteiger partial charge < -0.3 is 4.43 Å². The van der Waals surface area contributed by atoms with E-state index in [9.17, 15) is 4.79 Å². The fraction of sp³-hybridized carbons (Fsp3) is 0.500. The minimum absolute atomic E-state index is 0.134. The third kappa shape index (κ3) is 3.19. The quantitative estimate of drug-likeness (QED) is 0.714. The summed E-state index contributed by atoms with van der Waals surface area (Å²) < 4.78 is 6.47. The summed E-state index contributed by atoms with van der Waals surface area (Å²) in [4.78, 5) is 12.3. The third-order valence-corrected chi connectivity index (χ3v) is 9.32. The van der Waals surface area contributed by atoms with Gasteiger partial charge in [0, 0.05) is 0 Å². The average Bonchev–Trinajstić information content (AvgIpc) is 2.69. The van der Waals surface area contributed by atoms with E-state index in [0.717, 1.165) is 17.6 Å². The van der Waals surface area contributed by atoms with Crippen molar-refractivity contribution in [3.63, 3.8) is 0 Å². The van der Waals surface area contributed by atoms with E-state index in [1.807, 2.05) is 18.2 Å². The molecule has 0 aromatic rings. The molecular weight excluding hydrogens is 276 g/mol. The first-order chi connectivity index (χ1) is 9.63. The van der Waals surface area contributed by atoms with Crippen molar-refractivity contribution in [2.45, 2.75) is 51.4 Å². The zero-order chi connectivity index (χ0) is 15.8. The molecule has 0 amide bonds. The Morgan fingerprint density at radius 1 is 1.33 bits per heavy atom. The number of hydrogen-bond donors (Lipinski definition) is 0. The molecule has 2 atom stereocenters. The minimum Gasteiger partial charge on any atom is -0.409 e. The highest BCUT2D eigenvalue weighted by Crippen LogP contribution is 2.41. The van der Waals surface area contributed by atoms with Crippen LogP contribution in [0.1, 0.15) is 27.2 Å². The summed E-state index contributed by atoms with van der Waals surface area (Å²) in [6.07, 6.45) is 10.4. The lowest BCUT2D eigenvalue weighted by Crippen LogP contribution is -2.45. The van der Waals surface area contributed by atoms with Crippen molar-refractivity contribution in [3.8, 4) is 0 Å². The molecular formula is C18H26O2Si. The van der Waals surface area contributed by atoms with Crippen LogP contribution in [0.2, 0.25) is 18.1 Å². The standard InChI is InChI=1S/C18H26O2Si/c1-13-9-7-8-10-14(13)17-15(19)11-12-16(17)20-21(5,6)18(2,3)4/h7-8,10-12,16-17H,1,9H2,2-6H3. The molecule has 2 aliphatic rings. The molecule has 0 saturated heterocycles. The van der Waals surface area contributed by atoms with Crippen LogP contribution in [0.15, 0.2) is 48.1 Å². The molecule has 0 saturated carbocycles. The molecule has 0 aromatic carbocycles. The molecule has 0 fully saturated rings. The fourth-order valence-corrected chi connectivity index (χ4v) is 3.71. The summed E-state index contributed by atoms with van der Waals surface area (Å²) in [5.74, 6) is -0.0713. The molecule has 0 radical (unpaired) electrons. The highest BCUT2D eigenvalue weighted by atomic mass is 28.4. The Morgan fingerprint density at radius 2 is 2.00 bits per heavy atom. The van der Waals surface area contributed by atoms with Crippen molar-refractivity contribution in [3.05, 3.63) is 48.1 Å². The van der Waals surface area contributed by atoms with Crippen molar-refractivity contribution in [2.75, 3.05) is 0 Å². The lowest BCUT2D eigenvalue weighted by atomic mass is 9.85. The van der Waals surface area contributed by atoms with Gasteiger partial charge >= 0.3 is 0 Å². The number of carbonyl (C=O) groups excluding carboxylic acids is 1. The SMILES string of the molecule is C=C1CC=CC=C1C1C(=O)C=CC1O[Si](C)(C)C(C)(C)C.